The monoisotopic (exact) mass is 297 g/mol. The highest BCUT2D eigenvalue weighted by Gasteiger charge is 2.29. The van der Waals surface area contributed by atoms with Crippen LogP contribution in [0.3, 0.4) is 0 Å². The van der Waals surface area contributed by atoms with Crippen LogP contribution in [0.4, 0.5) is 0 Å². The first-order chi connectivity index (χ1) is 10.8. The Kier molecular flexibility index (Phi) is 3.13. The van der Waals surface area contributed by atoms with Gasteiger partial charge in [-0.2, -0.15) is 5.10 Å². The van der Waals surface area contributed by atoms with Crippen molar-refractivity contribution in [1.82, 2.24) is 14.7 Å². The highest BCUT2D eigenvalue weighted by molar-refractivity contribution is 5.97. The number of amides is 1. The third kappa shape index (κ3) is 2.00. The second kappa shape index (κ2) is 5.16. The summed E-state index contributed by atoms with van der Waals surface area (Å²) in [6.07, 6.45) is 3.36. The van der Waals surface area contributed by atoms with Gasteiger partial charge < -0.3 is 9.64 Å². The normalized spacial score (nSPS) is 16.3. The lowest BCUT2D eigenvalue weighted by atomic mass is 10.1. The summed E-state index contributed by atoms with van der Waals surface area (Å²) in [5, 5.41) is 4.69. The van der Waals surface area contributed by atoms with Crippen molar-refractivity contribution in [2.24, 2.45) is 0 Å². The van der Waals surface area contributed by atoms with Gasteiger partial charge in [-0.1, -0.05) is 12.1 Å². The van der Waals surface area contributed by atoms with Crippen LogP contribution >= 0.6 is 0 Å². The van der Waals surface area contributed by atoms with Gasteiger partial charge in [0.1, 0.15) is 5.75 Å². The van der Waals surface area contributed by atoms with E-state index in [1.54, 1.807) is 7.11 Å². The first-order valence-electron chi connectivity index (χ1n) is 7.77. The first-order valence-corrected chi connectivity index (χ1v) is 7.77. The Bertz CT molecular complexity index is 736. The maximum Gasteiger partial charge on any atom is 0.258 e. The van der Waals surface area contributed by atoms with Gasteiger partial charge in [0.05, 0.1) is 37.2 Å². The minimum absolute atomic E-state index is 0.0386. The van der Waals surface area contributed by atoms with Crippen molar-refractivity contribution in [2.75, 3.05) is 13.7 Å². The number of carbonyl (C=O) groups is 1. The number of carbonyl (C=O) groups excluding carboxylic acids is 1. The van der Waals surface area contributed by atoms with Crippen molar-refractivity contribution < 1.29 is 9.53 Å². The molecule has 0 saturated carbocycles. The molecule has 0 spiro atoms. The third-order valence-electron chi connectivity index (χ3n) is 4.64. The topological polar surface area (TPSA) is 47.4 Å². The molecule has 5 nitrogen and oxygen atoms in total. The number of fused-ring (bicyclic) bond motifs is 3. The van der Waals surface area contributed by atoms with Gasteiger partial charge >= 0.3 is 0 Å². The Labute approximate surface area is 129 Å². The van der Waals surface area contributed by atoms with Gasteiger partial charge in [-0.15, -0.1) is 0 Å². The Morgan fingerprint density at radius 1 is 1.23 bits per heavy atom. The van der Waals surface area contributed by atoms with E-state index in [1.165, 1.54) is 23.4 Å². The predicted molar refractivity (Wildman–Crippen MR) is 82.0 cm³/mol. The van der Waals surface area contributed by atoms with E-state index in [0.29, 0.717) is 24.4 Å². The van der Waals surface area contributed by atoms with Gasteiger partial charge in [0.15, 0.2) is 0 Å². The lowest BCUT2D eigenvalue weighted by molar-refractivity contribution is 0.0702. The molecular weight excluding hydrogens is 278 g/mol. The lowest BCUT2D eigenvalue weighted by Gasteiger charge is -2.29. The molecule has 0 N–H and O–H groups in total. The number of para-hydroxylation sites is 1. The van der Waals surface area contributed by atoms with Gasteiger partial charge in [0, 0.05) is 6.54 Å². The van der Waals surface area contributed by atoms with E-state index in [9.17, 15) is 4.79 Å². The van der Waals surface area contributed by atoms with Crippen molar-refractivity contribution in [1.29, 1.82) is 0 Å². The SMILES string of the molecule is COc1ccccc1C(=O)N1CCn2nc3c(c2C1)CCC3. The number of hydrogen-bond donors (Lipinski definition) is 0. The molecule has 1 aliphatic heterocycles. The average Bonchev–Trinajstić information content (AvgIpc) is 3.14. The molecule has 1 aliphatic carbocycles. The lowest BCUT2D eigenvalue weighted by Crippen LogP contribution is -2.39. The summed E-state index contributed by atoms with van der Waals surface area (Å²) in [5.41, 5.74) is 4.47. The minimum Gasteiger partial charge on any atom is -0.496 e. The zero-order chi connectivity index (χ0) is 15.1. The number of hydrogen-bond acceptors (Lipinski definition) is 3. The summed E-state index contributed by atoms with van der Waals surface area (Å²) in [5.74, 6) is 0.674. The molecule has 0 radical (unpaired) electrons. The Balaban J connectivity index is 1.63. The van der Waals surface area contributed by atoms with Crippen LogP contribution in [0.5, 0.6) is 5.75 Å². The van der Waals surface area contributed by atoms with Crippen molar-refractivity contribution in [3.63, 3.8) is 0 Å². The molecule has 0 saturated heterocycles. The number of ether oxygens (including phenoxy) is 1. The van der Waals surface area contributed by atoms with Crippen LogP contribution in [-0.2, 0) is 25.9 Å². The van der Waals surface area contributed by atoms with Crippen LogP contribution in [0.1, 0.15) is 33.7 Å². The zero-order valence-electron chi connectivity index (χ0n) is 12.7. The van der Waals surface area contributed by atoms with E-state index in [2.05, 4.69) is 9.78 Å². The first kappa shape index (κ1) is 13.4. The number of methoxy groups -OCH3 is 1. The van der Waals surface area contributed by atoms with E-state index >= 15 is 0 Å². The quantitative estimate of drug-likeness (QED) is 0.852. The van der Waals surface area contributed by atoms with Gasteiger partial charge in [-0.05, 0) is 37.0 Å². The maximum absolute atomic E-state index is 12.8. The maximum atomic E-state index is 12.8. The summed E-state index contributed by atoms with van der Waals surface area (Å²) >= 11 is 0. The third-order valence-corrected chi connectivity index (χ3v) is 4.64. The Morgan fingerprint density at radius 3 is 2.95 bits per heavy atom. The second-order valence-electron chi connectivity index (χ2n) is 5.88. The van der Waals surface area contributed by atoms with Crippen molar-refractivity contribution in [3.05, 3.63) is 46.8 Å². The molecule has 2 aromatic rings. The Hall–Kier alpha value is -2.30. The van der Waals surface area contributed by atoms with Crippen LogP contribution in [-0.4, -0.2) is 34.2 Å². The highest BCUT2D eigenvalue weighted by atomic mass is 16.5. The van der Waals surface area contributed by atoms with Crippen LogP contribution < -0.4 is 4.74 Å². The molecule has 4 rings (SSSR count). The standard InChI is InChI=1S/C17H19N3O2/c1-22-16-8-3-2-5-13(16)17(21)19-9-10-20-15(11-19)12-6-4-7-14(12)18-20/h2-3,5,8H,4,6-7,9-11H2,1H3. The molecule has 1 amide bonds. The van der Waals surface area contributed by atoms with Gasteiger partial charge in [-0.3, -0.25) is 9.48 Å². The fourth-order valence-corrected chi connectivity index (χ4v) is 3.51. The van der Waals surface area contributed by atoms with Crippen LogP contribution in [0, 0.1) is 0 Å². The Morgan fingerprint density at radius 2 is 2.09 bits per heavy atom. The molecule has 1 aromatic carbocycles. The largest absolute Gasteiger partial charge is 0.496 e. The molecule has 0 atom stereocenters. The molecule has 22 heavy (non-hydrogen) atoms. The van der Waals surface area contributed by atoms with Crippen molar-refractivity contribution >= 4 is 5.91 Å². The van der Waals surface area contributed by atoms with E-state index in [-0.39, 0.29) is 5.91 Å². The number of aryl methyl sites for hydroxylation is 1. The van der Waals surface area contributed by atoms with Crippen LogP contribution in [0.25, 0.3) is 0 Å². The number of rotatable bonds is 2. The summed E-state index contributed by atoms with van der Waals surface area (Å²) in [7, 11) is 1.60. The molecule has 1 aromatic heterocycles. The summed E-state index contributed by atoms with van der Waals surface area (Å²) < 4.78 is 7.41. The molecule has 2 heterocycles. The molecular formula is C17H19N3O2. The summed E-state index contributed by atoms with van der Waals surface area (Å²) in [6.45, 7) is 2.13. The summed E-state index contributed by atoms with van der Waals surface area (Å²) in [6, 6.07) is 7.42. The molecule has 0 fully saturated rings. The smallest absolute Gasteiger partial charge is 0.258 e. The molecule has 114 valence electrons. The number of nitrogens with zero attached hydrogens (tertiary/aromatic N) is 3. The van der Waals surface area contributed by atoms with E-state index in [4.69, 9.17) is 4.74 Å². The van der Waals surface area contributed by atoms with Crippen molar-refractivity contribution in [3.8, 4) is 5.75 Å². The average molecular weight is 297 g/mol. The summed E-state index contributed by atoms with van der Waals surface area (Å²) in [4.78, 5) is 14.7. The van der Waals surface area contributed by atoms with Crippen LogP contribution in [0.15, 0.2) is 24.3 Å². The van der Waals surface area contributed by atoms with Crippen molar-refractivity contribution in [2.45, 2.75) is 32.4 Å². The van der Waals surface area contributed by atoms with Gasteiger partial charge in [-0.25, -0.2) is 0 Å². The van der Waals surface area contributed by atoms with E-state index in [1.807, 2.05) is 29.2 Å². The van der Waals surface area contributed by atoms with E-state index in [0.717, 1.165) is 19.4 Å². The predicted octanol–water partition coefficient (Wildman–Crippen LogP) is 2.04. The second-order valence-corrected chi connectivity index (χ2v) is 5.88. The minimum atomic E-state index is 0.0386. The number of aromatic nitrogens is 2. The molecule has 5 heteroatoms. The zero-order valence-corrected chi connectivity index (χ0v) is 12.7. The molecule has 0 bridgehead atoms. The number of benzene rings is 1. The highest BCUT2D eigenvalue weighted by Crippen LogP contribution is 2.29. The van der Waals surface area contributed by atoms with Crippen LogP contribution in [0.2, 0.25) is 0 Å². The van der Waals surface area contributed by atoms with Gasteiger partial charge in [0.25, 0.3) is 5.91 Å². The fraction of sp³-hybridized carbons (Fsp3) is 0.412. The fourth-order valence-electron chi connectivity index (χ4n) is 3.51. The molecule has 0 unspecified atom stereocenters. The molecule has 2 aliphatic rings. The van der Waals surface area contributed by atoms with Gasteiger partial charge in [0.2, 0.25) is 0 Å². The van der Waals surface area contributed by atoms with E-state index < -0.39 is 0 Å².